The average molecular weight is 417 g/mol. The number of carbonyl (C=O) groups excluding carboxylic acids is 1. The molecule has 0 spiro atoms. The van der Waals surface area contributed by atoms with Crippen LogP contribution in [0.2, 0.25) is 0 Å². The van der Waals surface area contributed by atoms with Crippen LogP contribution in [-0.2, 0) is 22.1 Å². The first-order chi connectivity index (χ1) is 15.0. The Morgan fingerprint density at radius 2 is 1.74 bits per heavy atom. The summed E-state index contributed by atoms with van der Waals surface area (Å²) in [6.45, 7) is 0.209. The van der Waals surface area contributed by atoms with E-state index >= 15 is 0 Å². The Balaban J connectivity index is 1.32. The summed E-state index contributed by atoms with van der Waals surface area (Å²) >= 11 is 0. The van der Waals surface area contributed by atoms with E-state index in [9.17, 15) is 14.7 Å². The number of alkyl carbamates (subject to hydrolysis) is 1. The molecule has 7 heteroatoms. The Labute approximate surface area is 179 Å². The van der Waals surface area contributed by atoms with Gasteiger partial charge in [-0.1, -0.05) is 48.5 Å². The number of nitrogens with one attached hydrogen (secondary N) is 1. The van der Waals surface area contributed by atoms with E-state index in [-0.39, 0.29) is 12.5 Å². The summed E-state index contributed by atoms with van der Waals surface area (Å²) in [5.41, 5.74) is 4.46. The van der Waals surface area contributed by atoms with E-state index < -0.39 is 23.5 Å². The second-order valence-corrected chi connectivity index (χ2v) is 8.40. The summed E-state index contributed by atoms with van der Waals surface area (Å²) in [6.07, 6.45) is 3.48. The van der Waals surface area contributed by atoms with Crippen molar-refractivity contribution in [1.29, 1.82) is 0 Å². The number of aliphatic carboxylic acids is 1. The fraction of sp³-hybridized carbons (Fsp3) is 0.292. The van der Waals surface area contributed by atoms with Crippen LogP contribution in [0.5, 0.6) is 0 Å². The van der Waals surface area contributed by atoms with E-state index in [1.807, 2.05) is 37.5 Å². The first kappa shape index (κ1) is 19.4. The first-order valence-corrected chi connectivity index (χ1v) is 10.3. The molecule has 0 radical (unpaired) electrons. The van der Waals surface area contributed by atoms with Gasteiger partial charge in [-0.05, 0) is 35.1 Å². The maximum Gasteiger partial charge on any atom is 0.407 e. The maximum atomic E-state index is 12.8. The molecule has 0 atom stereocenters. The molecule has 3 aromatic rings. The predicted molar refractivity (Wildman–Crippen MR) is 113 cm³/mol. The van der Waals surface area contributed by atoms with Crippen molar-refractivity contribution in [3.05, 3.63) is 77.9 Å². The number of hydrogen-bond acceptors (Lipinski definition) is 4. The smallest absolute Gasteiger partial charge is 0.407 e. The van der Waals surface area contributed by atoms with Crippen LogP contribution in [0.3, 0.4) is 0 Å². The molecule has 2 N–H and O–H groups in total. The number of ether oxygens (including phenoxy) is 1. The largest absolute Gasteiger partial charge is 0.481 e. The molecule has 2 aromatic carbocycles. The van der Waals surface area contributed by atoms with Crippen molar-refractivity contribution in [3.63, 3.8) is 0 Å². The fourth-order valence-electron chi connectivity index (χ4n) is 4.82. The Hall–Kier alpha value is -3.61. The van der Waals surface area contributed by atoms with Crippen LogP contribution in [0.4, 0.5) is 4.79 Å². The van der Waals surface area contributed by atoms with Gasteiger partial charge in [-0.2, -0.15) is 0 Å². The first-order valence-electron chi connectivity index (χ1n) is 10.3. The zero-order valence-electron chi connectivity index (χ0n) is 17.1. The Bertz CT molecular complexity index is 1120. The highest BCUT2D eigenvalue weighted by Gasteiger charge is 2.51. The van der Waals surface area contributed by atoms with Crippen molar-refractivity contribution in [1.82, 2.24) is 14.9 Å². The fourth-order valence-corrected chi connectivity index (χ4v) is 4.82. The van der Waals surface area contributed by atoms with Crippen molar-refractivity contribution in [3.8, 4) is 11.1 Å². The minimum Gasteiger partial charge on any atom is -0.481 e. The normalized spacial score (nSPS) is 21.6. The van der Waals surface area contributed by atoms with Crippen molar-refractivity contribution in [2.45, 2.75) is 24.3 Å². The Kier molecular flexibility index (Phi) is 4.54. The van der Waals surface area contributed by atoms with Gasteiger partial charge >= 0.3 is 12.1 Å². The topological polar surface area (TPSA) is 93.5 Å². The van der Waals surface area contributed by atoms with Crippen molar-refractivity contribution < 1.29 is 19.4 Å². The lowest BCUT2D eigenvalue weighted by Gasteiger charge is -2.44. The molecule has 0 unspecified atom stereocenters. The van der Waals surface area contributed by atoms with Crippen LogP contribution in [0.15, 0.2) is 61.1 Å². The second-order valence-electron chi connectivity index (χ2n) is 8.40. The molecule has 2 aliphatic rings. The van der Waals surface area contributed by atoms with Gasteiger partial charge in [0.15, 0.2) is 0 Å². The number of aromatic nitrogens is 2. The van der Waals surface area contributed by atoms with Gasteiger partial charge in [0.05, 0.1) is 23.5 Å². The van der Waals surface area contributed by atoms with Gasteiger partial charge in [0.2, 0.25) is 0 Å². The summed E-state index contributed by atoms with van der Waals surface area (Å²) in [6, 6.07) is 16.3. The van der Waals surface area contributed by atoms with E-state index in [0.29, 0.717) is 18.5 Å². The molecule has 0 bridgehead atoms. The van der Waals surface area contributed by atoms with Crippen LogP contribution in [0, 0.1) is 5.92 Å². The van der Waals surface area contributed by atoms with Gasteiger partial charge in [0.25, 0.3) is 0 Å². The third-order valence-electron chi connectivity index (χ3n) is 6.42. The molecule has 158 valence electrons. The number of imidazole rings is 1. The number of benzene rings is 2. The minimum absolute atomic E-state index is 0.0305. The van der Waals surface area contributed by atoms with Crippen LogP contribution >= 0.6 is 0 Å². The summed E-state index contributed by atoms with van der Waals surface area (Å²) in [7, 11) is 1.84. The molecule has 1 heterocycles. The van der Waals surface area contributed by atoms with Crippen molar-refractivity contribution in [2.75, 3.05) is 6.61 Å². The number of carboxylic acids is 1. The van der Waals surface area contributed by atoms with Crippen LogP contribution in [0.25, 0.3) is 11.1 Å². The standard InChI is InChI=1S/C24H23N3O4/c1-27-12-21(25-14-27)24(10-15(11-24)22(28)29)26-23(30)31-13-20-18-8-4-2-6-16(18)17-7-3-5-9-19(17)20/h2-9,12,14-15,20H,10-11,13H2,1H3,(H,26,30)(H,28,29). The highest BCUT2D eigenvalue weighted by atomic mass is 16.5. The van der Waals surface area contributed by atoms with Crippen LogP contribution in [0.1, 0.15) is 35.6 Å². The van der Waals surface area contributed by atoms with Gasteiger partial charge in [-0.25, -0.2) is 9.78 Å². The highest BCUT2D eigenvalue weighted by molar-refractivity contribution is 5.79. The highest BCUT2D eigenvalue weighted by Crippen LogP contribution is 2.46. The van der Waals surface area contributed by atoms with Gasteiger partial charge in [0.1, 0.15) is 6.61 Å². The molecule has 0 aliphatic heterocycles. The Morgan fingerprint density at radius 3 is 2.29 bits per heavy atom. The van der Waals surface area contributed by atoms with Crippen LogP contribution < -0.4 is 5.32 Å². The van der Waals surface area contributed by atoms with Crippen molar-refractivity contribution in [2.24, 2.45) is 13.0 Å². The van der Waals surface area contributed by atoms with E-state index in [0.717, 1.165) is 11.1 Å². The van der Waals surface area contributed by atoms with E-state index in [1.54, 1.807) is 10.9 Å². The second kappa shape index (κ2) is 7.27. The number of carbonyl (C=O) groups is 2. The number of nitrogens with zero attached hydrogens (tertiary/aromatic N) is 2. The number of hydrogen-bond donors (Lipinski definition) is 2. The molecule has 5 rings (SSSR count). The molecule has 7 nitrogen and oxygen atoms in total. The molecule has 31 heavy (non-hydrogen) atoms. The number of fused-ring (bicyclic) bond motifs is 3. The molecule has 1 aromatic heterocycles. The summed E-state index contributed by atoms with van der Waals surface area (Å²) < 4.78 is 7.45. The number of rotatable bonds is 5. The van der Waals surface area contributed by atoms with Gasteiger partial charge < -0.3 is 19.7 Å². The van der Waals surface area contributed by atoms with Gasteiger partial charge in [0, 0.05) is 19.2 Å². The molecular formula is C24H23N3O4. The zero-order valence-corrected chi connectivity index (χ0v) is 17.1. The third-order valence-corrected chi connectivity index (χ3v) is 6.42. The quantitative estimate of drug-likeness (QED) is 0.661. The number of carboxylic acid groups (broad SMARTS) is 1. The van der Waals surface area contributed by atoms with E-state index in [2.05, 4.69) is 34.6 Å². The molecule has 0 saturated heterocycles. The molecule has 1 amide bonds. The lowest BCUT2D eigenvalue weighted by Crippen LogP contribution is -2.56. The monoisotopic (exact) mass is 417 g/mol. The summed E-state index contributed by atoms with van der Waals surface area (Å²) in [4.78, 5) is 28.5. The average Bonchev–Trinajstić information content (AvgIpc) is 3.30. The molecular weight excluding hydrogens is 394 g/mol. The molecule has 2 aliphatic carbocycles. The summed E-state index contributed by atoms with van der Waals surface area (Å²) in [5, 5.41) is 12.2. The van der Waals surface area contributed by atoms with E-state index in [1.165, 1.54) is 11.1 Å². The number of aryl methyl sites for hydroxylation is 1. The number of amides is 1. The Morgan fingerprint density at radius 1 is 1.13 bits per heavy atom. The minimum atomic E-state index is -0.860. The lowest BCUT2D eigenvalue weighted by atomic mass is 9.66. The lowest BCUT2D eigenvalue weighted by molar-refractivity contribution is -0.148. The van der Waals surface area contributed by atoms with Crippen molar-refractivity contribution >= 4 is 12.1 Å². The van der Waals surface area contributed by atoms with E-state index in [4.69, 9.17) is 4.74 Å². The summed E-state index contributed by atoms with van der Waals surface area (Å²) in [5.74, 6) is -1.39. The molecule has 1 fully saturated rings. The predicted octanol–water partition coefficient (Wildman–Crippen LogP) is 3.65. The van der Waals surface area contributed by atoms with Gasteiger partial charge in [-0.15, -0.1) is 0 Å². The SMILES string of the molecule is Cn1cnc(C2(NC(=O)OCC3c4ccccc4-c4ccccc43)CC(C(=O)O)C2)c1. The zero-order chi connectivity index (χ0) is 21.6. The van der Waals surface area contributed by atoms with Gasteiger partial charge in [-0.3, -0.25) is 4.79 Å². The van der Waals surface area contributed by atoms with Crippen LogP contribution in [-0.4, -0.2) is 33.3 Å². The maximum absolute atomic E-state index is 12.8. The third kappa shape index (κ3) is 3.26. The molecule has 1 saturated carbocycles.